The van der Waals surface area contributed by atoms with Gasteiger partial charge in [-0.3, -0.25) is 10.3 Å². The van der Waals surface area contributed by atoms with E-state index in [1.807, 2.05) is 25.1 Å². The molecular formula is C21H23FN4O. The van der Waals surface area contributed by atoms with E-state index in [-0.39, 0.29) is 11.9 Å². The lowest BCUT2D eigenvalue weighted by molar-refractivity contribution is 0.108. The number of rotatable bonds is 4. The van der Waals surface area contributed by atoms with Gasteiger partial charge in [0.25, 0.3) is 0 Å². The van der Waals surface area contributed by atoms with E-state index in [1.54, 1.807) is 18.3 Å². The lowest BCUT2D eigenvalue weighted by Gasteiger charge is -2.17. The van der Waals surface area contributed by atoms with Crippen molar-refractivity contribution in [1.29, 1.82) is 0 Å². The number of pyridine rings is 1. The third kappa shape index (κ3) is 3.59. The van der Waals surface area contributed by atoms with Gasteiger partial charge in [-0.25, -0.2) is 9.37 Å². The van der Waals surface area contributed by atoms with Crippen molar-refractivity contribution < 1.29 is 9.23 Å². The van der Waals surface area contributed by atoms with Gasteiger partial charge in [0.05, 0.1) is 11.8 Å². The number of likely N-dealkylation sites (tertiary alicyclic amines) is 1. The van der Waals surface area contributed by atoms with Crippen LogP contribution in [0.25, 0.3) is 21.9 Å². The van der Waals surface area contributed by atoms with E-state index in [2.05, 4.69) is 22.4 Å². The lowest BCUT2D eigenvalue weighted by Crippen LogP contribution is -2.21. The molecule has 2 heterocycles. The molecule has 1 atom stereocenters. The molecular weight excluding hydrogens is 343 g/mol. The number of nitrogens with two attached hydrogens (primary N) is 1. The van der Waals surface area contributed by atoms with Crippen molar-refractivity contribution >= 4 is 22.3 Å². The minimum absolute atomic E-state index is 0.114. The number of aromatic nitrogens is 1. The summed E-state index contributed by atoms with van der Waals surface area (Å²) in [6, 6.07) is 10.7. The van der Waals surface area contributed by atoms with Gasteiger partial charge in [0.15, 0.2) is 0 Å². The Morgan fingerprint density at radius 3 is 2.89 bits per heavy atom. The van der Waals surface area contributed by atoms with Crippen molar-refractivity contribution in [2.24, 2.45) is 0 Å². The Labute approximate surface area is 157 Å². The molecule has 0 aliphatic carbocycles. The van der Waals surface area contributed by atoms with Crippen LogP contribution in [0.5, 0.6) is 0 Å². The van der Waals surface area contributed by atoms with Crippen LogP contribution in [0, 0.1) is 12.7 Å². The van der Waals surface area contributed by atoms with Gasteiger partial charge in [-0.1, -0.05) is 12.1 Å². The molecule has 1 unspecified atom stereocenters. The third-order valence-corrected chi connectivity index (χ3v) is 5.05. The van der Waals surface area contributed by atoms with Crippen molar-refractivity contribution in [3.05, 3.63) is 54.0 Å². The van der Waals surface area contributed by atoms with Gasteiger partial charge in [-0.15, -0.1) is 0 Å². The molecule has 1 aliphatic rings. The maximum absolute atomic E-state index is 14.5. The summed E-state index contributed by atoms with van der Waals surface area (Å²) in [4.78, 5) is 12.3. The molecule has 1 aromatic heterocycles. The Balaban J connectivity index is 1.77. The van der Waals surface area contributed by atoms with Crippen LogP contribution in [0.1, 0.15) is 12.0 Å². The second-order valence-electron chi connectivity index (χ2n) is 7.18. The Kier molecular flexibility index (Phi) is 4.68. The van der Waals surface area contributed by atoms with Gasteiger partial charge in [0, 0.05) is 35.6 Å². The summed E-state index contributed by atoms with van der Waals surface area (Å²) in [6.07, 6.45) is 2.79. The van der Waals surface area contributed by atoms with Crippen LogP contribution < -0.4 is 11.2 Å². The van der Waals surface area contributed by atoms with E-state index < -0.39 is 0 Å². The van der Waals surface area contributed by atoms with Gasteiger partial charge < -0.3 is 10.6 Å². The summed E-state index contributed by atoms with van der Waals surface area (Å²) in [7, 11) is 2.08. The second kappa shape index (κ2) is 7.13. The van der Waals surface area contributed by atoms with Gasteiger partial charge in [0.1, 0.15) is 11.6 Å². The summed E-state index contributed by atoms with van der Waals surface area (Å²) in [5, 5.41) is 1.77. The average molecular weight is 366 g/mol. The number of likely N-dealkylation sites (N-methyl/N-ethyl adjacent to an activating group) is 1. The predicted molar refractivity (Wildman–Crippen MR) is 107 cm³/mol. The largest absolute Gasteiger partial charge is 0.384 e. The van der Waals surface area contributed by atoms with Gasteiger partial charge in [-0.2, -0.15) is 0 Å². The fraction of sp³-hybridized carbons (Fsp3) is 0.286. The number of hydrogen-bond acceptors (Lipinski definition) is 5. The van der Waals surface area contributed by atoms with Gasteiger partial charge in [0.2, 0.25) is 0 Å². The van der Waals surface area contributed by atoms with E-state index in [0.29, 0.717) is 11.4 Å². The van der Waals surface area contributed by atoms with Gasteiger partial charge >= 0.3 is 0 Å². The molecule has 1 aliphatic heterocycles. The molecule has 0 amide bonds. The standard InChI is InChI=1S/C21H23FN4O/c1-13-4-3-5-18(22)21(13)14-8-15-11-24-20(23)10-17(15)19(9-14)25-27-16-6-7-26(2)12-16/h3-5,8-11,16,25H,6-7,12H2,1-2H3,(H2,23,24). The number of nitrogens with zero attached hydrogens (tertiary/aromatic N) is 2. The van der Waals surface area contributed by atoms with Crippen LogP contribution in [-0.4, -0.2) is 36.1 Å². The molecule has 3 N–H and O–H groups in total. The number of halogens is 1. The lowest BCUT2D eigenvalue weighted by atomic mass is 9.97. The third-order valence-electron chi connectivity index (χ3n) is 5.05. The van der Waals surface area contributed by atoms with Crippen LogP contribution in [0.15, 0.2) is 42.6 Å². The van der Waals surface area contributed by atoms with Crippen molar-refractivity contribution in [1.82, 2.24) is 9.88 Å². The molecule has 6 heteroatoms. The molecule has 27 heavy (non-hydrogen) atoms. The average Bonchev–Trinajstić information content (AvgIpc) is 3.05. The highest BCUT2D eigenvalue weighted by atomic mass is 19.1. The van der Waals surface area contributed by atoms with Crippen molar-refractivity contribution in [3.8, 4) is 11.1 Å². The van der Waals surface area contributed by atoms with Crippen molar-refractivity contribution in [2.75, 3.05) is 31.4 Å². The quantitative estimate of drug-likeness (QED) is 0.684. The number of nitrogen functional groups attached to an aromatic ring is 1. The zero-order valence-corrected chi connectivity index (χ0v) is 15.5. The maximum Gasteiger partial charge on any atom is 0.131 e. The predicted octanol–water partition coefficient (Wildman–Crippen LogP) is 3.98. The summed E-state index contributed by atoms with van der Waals surface area (Å²) in [6.45, 7) is 3.79. The summed E-state index contributed by atoms with van der Waals surface area (Å²) < 4.78 is 14.5. The molecule has 3 aromatic rings. The van der Waals surface area contributed by atoms with Crippen LogP contribution in [0.3, 0.4) is 0 Å². The molecule has 1 fully saturated rings. The fourth-order valence-corrected chi connectivity index (χ4v) is 3.64. The number of benzene rings is 2. The van der Waals surface area contributed by atoms with Crippen LogP contribution >= 0.6 is 0 Å². The molecule has 0 bridgehead atoms. The highest BCUT2D eigenvalue weighted by Gasteiger charge is 2.21. The van der Waals surface area contributed by atoms with Crippen LogP contribution in [0.4, 0.5) is 15.9 Å². The first-order valence-electron chi connectivity index (χ1n) is 9.06. The molecule has 0 spiro atoms. The Morgan fingerprint density at radius 1 is 1.30 bits per heavy atom. The molecule has 0 saturated carbocycles. The maximum atomic E-state index is 14.5. The molecule has 4 rings (SSSR count). The molecule has 2 aromatic carbocycles. The number of hydrogen-bond donors (Lipinski definition) is 2. The molecule has 5 nitrogen and oxygen atoms in total. The SMILES string of the molecule is Cc1cccc(F)c1-c1cc(NOC2CCN(C)C2)c2cc(N)ncc2c1. The molecule has 1 saturated heterocycles. The zero-order chi connectivity index (χ0) is 19.0. The Morgan fingerprint density at radius 2 is 2.15 bits per heavy atom. The highest BCUT2D eigenvalue weighted by Crippen LogP contribution is 2.34. The molecule has 0 radical (unpaired) electrons. The van der Waals surface area contributed by atoms with E-state index in [0.717, 1.165) is 47.1 Å². The number of aryl methyl sites for hydroxylation is 1. The number of fused-ring (bicyclic) bond motifs is 1. The van der Waals surface area contributed by atoms with Gasteiger partial charge in [-0.05, 0) is 55.8 Å². The minimum atomic E-state index is -0.248. The smallest absolute Gasteiger partial charge is 0.131 e. The minimum Gasteiger partial charge on any atom is -0.384 e. The van der Waals surface area contributed by atoms with E-state index in [1.165, 1.54) is 6.07 Å². The van der Waals surface area contributed by atoms with Crippen molar-refractivity contribution in [2.45, 2.75) is 19.4 Å². The highest BCUT2D eigenvalue weighted by molar-refractivity contribution is 5.98. The summed E-state index contributed by atoms with van der Waals surface area (Å²) in [5.41, 5.74) is 12.0. The fourth-order valence-electron chi connectivity index (χ4n) is 3.64. The summed E-state index contributed by atoms with van der Waals surface area (Å²) >= 11 is 0. The monoisotopic (exact) mass is 366 g/mol. The van der Waals surface area contributed by atoms with Crippen molar-refractivity contribution in [3.63, 3.8) is 0 Å². The number of anilines is 2. The second-order valence-corrected chi connectivity index (χ2v) is 7.18. The first-order valence-corrected chi connectivity index (χ1v) is 9.06. The van der Waals surface area contributed by atoms with Crippen LogP contribution in [0.2, 0.25) is 0 Å². The zero-order valence-electron chi connectivity index (χ0n) is 15.5. The van der Waals surface area contributed by atoms with E-state index in [4.69, 9.17) is 10.6 Å². The Hall–Kier alpha value is -2.70. The van der Waals surface area contributed by atoms with Crippen LogP contribution in [-0.2, 0) is 4.84 Å². The van der Waals surface area contributed by atoms with E-state index in [9.17, 15) is 4.39 Å². The first-order chi connectivity index (χ1) is 13.0. The molecule has 140 valence electrons. The topological polar surface area (TPSA) is 63.4 Å². The first kappa shape index (κ1) is 17.7. The van der Waals surface area contributed by atoms with E-state index >= 15 is 0 Å². The normalized spacial score (nSPS) is 17.5. The Bertz CT molecular complexity index is 971. The number of nitrogens with one attached hydrogen (secondary N) is 1. The summed E-state index contributed by atoms with van der Waals surface area (Å²) in [5.74, 6) is 0.183.